The summed E-state index contributed by atoms with van der Waals surface area (Å²) in [7, 11) is 0. The molecule has 0 aliphatic rings. The van der Waals surface area contributed by atoms with Crippen molar-refractivity contribution in [3.05, 3.63) is 70.1 Å². The monoisotopic (exact) mass is 332 g/mol. The van der Waals surface area contributed by atoms with E-state index in [4.69, 9.17) is 4.42 Å². The number of carbonyl (C=O) groups is 1. The Kier molecular flexibility index (Phi) is 3.40. The Bertz CT molecular complexity index is 759. The number of rotatable bonds is 3. The quantitative estimate of drug-likeness (QED) is 0.647. The second-order valence-corrected chi connectivity index (χ2v) is 5.40. The molecule has 20 heavy (non-hydrogen) atoms. The molecular formula is C16H10BrFO2. The SMILES string of the molecule is O=C(Cc1ccc(Br)cc1F)c1cc2ccccc2o1. The van der Waals surface area contributed by atoms with Crippen LogP contribution in [-0.4, -0.2) is 5.78 Å². The molecule has 1 aromatic heterocycles. The lowest BCUT2D eigenvalue weighted by molar-refractivity contribution is 0.0967. The number of hydrogen-bond donors (Lipinski definition) is 0. The fourth-order valence-electron chi connectivity index (χ4n) is 2.04. The van der Waals surface area contributed by atoms with E-state index in [1.807, 2.05) is 18.2 Å². The summed E-state index contributed by atoms with van der Waals surface area (Å²) >= 11 is 3.19. The minimum atomic E-state index is -0.399. The Hall–Kier alpha value is -1.94. The van der Waals surface area contributed by atoms with Gasteiger partial charge in [0.05, 0.1) is 0 Å². The van der Waals surface area contributed by atoms with Gasteiger partial charge in [-0.1, -0.05) is 40.2 Å². The zero-order valence-corrected chi connectivity index (χ0v) is 12.0. The van der Waals surface area contributed by atoms with Crippen LogP contribution in [0.2, 0.25) is 0 Å². The number of carbonyl (C=O) groups excluding carboxylic acids is 1. The molecule has 0 radical (unpaired) electrons. The highest BCUT2D eigenvalue weighted by Crippen LogP contribution is 2.21. The predicted octanol–water partition coefficient (Wildman–Crippen LogP) is 4.76. The molecule has 0 unspecified atom stereocenters. The van der Waals surface area contributed by atoms with Gasteiger partial charge in [0.25, 0.3) is 0 Å². The Balaban J connectivity index is 1.89. The first-order chi connectivity index (χ1) is 9.63. The molecule has 4 heteroatoms. The first kappa shape index (κ1) is 13.1. The summed E-state index contributed by atoms with van der Waals surface area (Å²) < 4.78 is 19.9. The number of furan rings is 1. The van der Waals surface area contributed by atoms with Crippen LogP contribution in [0.25, 0.3) is 11.0 Å². The molecule has 0 saturated carbocycles. The Morgan fingerprint density at radius 3 is 2.70 bits per heavy atom. The van der Waals surface area contributed by atoms with Crippen molar-refractivity contribution in [1.82, 2.24) is 0 Å². The summed E-state index contributed by atoms with van der Waals surface area (Å²) in [4.78, 5) is 12.1. The molecule has 1 heterocycles. The summed E-state index contributed by atoms with van der Waals surface area (Å²) in [5.41, 5.74) is 1.02. The molecule has 0 aliphatic heterocycles. The van der Waals surface area contributed by atoms with E-state index in [-0.39, 0.29) is 18.0 Å². The molecule has 0 aliphatic carbocycles. The minimum Gasteiger partial charge on any atom is -0.453 e. The first-order valence-electron chi connectivity index (χ1n) is 6.09. The predicted molar refractivity (Wildman–Crippen MR) is 78.3 cm³/mol. The Morgan fingerprint density at radius 1 is 1.15 bits per heavy atom. The van der Waals surface area contributed by atoms with Gasteiger partial charge in [-0.05, 0) is 29.8 Å². The van der Waals surface area contributed by atoms with E-state index in [1.165, 1.54) is 6.07 Å². The summed E-state index contributed by atoms with van der Waals surface area (Å²) in [6.07, 6.45) is -0.0149. The summed E-state index contributed by atoms with van der Waals surface area (Å²) in [5, 5.41) is 0.868. The molecule has 0 fully saturated rings. The third kappa shape index (κ3) is 2.51. The van der Waals surface area contributed by atoms with E-state index in [0.717, 1.165) is 5.39 Å². The van der Waals surface area contributed by atoms with Crippen molar-refractivity contribution in [1.29, 1.82) is 0 Å². The average Bonchev–Trinajstić information content (AvgIpc) is 2.86. The molecule has 0 saturated heterocycles. The number of para-hydroxylation sites is 1. The van der Waals surface area contributed by atoms with E-state index in [1.54, 1.807) is 24.3 Å². The van der Waals surface area contributed by atoms with Crippen LogP contribution in [0.5, 0.6) is 0 Å². The van der Waals surface area contributed by atoms with Gasteiger partial charge < -0.3 is 4.42 Å². The number of ketones is 1. The molecule has 2 aromatic carbocycles. The number of Topliss-reactive ketones (excluding diaryl/α,β-unsaturated/α-hetero) is 1. The standard InChI is InChI=1S/C16H10BrFO2/c17-12-6-5-10(13(18)9-12)7-14(19)16-8-11-3-1-2-4-15(11)20-16/h1-6,8-9H,7H2. The van der Waals surface area contributed by atoms with Gasteiger partial charge in [-0.25, -0.2) is 4.39 Å². The summed E-state index contributed by atoms with van der Waals surface area (Å²) in [5.74, 6) is -0.375. The van der Waals surface area contributed by atoms with Crippen LogP contribution in [0.3, 0.4) is 0 Å². The lowest BCUT2D eigenvalue weighted by Gasteiger charge is -2.01. The van der Waals surface area contributed by atoms with Crippen molar-refractivity contribution in [2.24, 2.45) is 0 Å². The highest BCUT2D eigenvalue weighted by atomic mass is 79.9. The maximum atomic E-state index is 13.7. The van der Waals surface area contributed by atoms with Crippen molar-refractivity contribution >= 4 is 32.7 Å². The van der Waals surface area contributed by atoms with Gasteiger partial charge in [-0.15, -0.1) is 0 Å². The van der Waals surface area contributed by atoms with Crippen LogP contribution >= 0.6 is 15.9 Å². The van der Waals surface area contributed by atoms with Crippen molar-refractivity contribution in [3.63, 3.8) is 0 Å². The van der Waals surface area contributed by atoms with Crippen molar-refractivity contribution in [2.45, 2.75) is 6.42 Å². The van der Waals surface area contributed by atoms with Gasteiger partial charge in [0.1, 0.15) is 11.4 Å². The molecule has 0 spiro atoms. The van der Waals surface area contributed by atoms with Crippen LogP contribution in [0, 0.1) is 5.82 Å². The third-order valence-corrected chi connectivity index (χ3v) is 3.56. The Labute approximate surface area is 123 Å². The second-order valence-electron chi connectivity index (χ2n) is 4.48. The van der Waals surface area contributed by atoms with Crippen molar-refractivity contribution in [3.8, 4) is 0 Å². The number of benzene rings is 2. The van der Waals surface area contributed by atoms with Gasteiger partial charge >= 0.3 is 0 Å². The lowest BCUT2D eigenvalue weighted by Crippen LogP contribution is -2.03. The van der Waals surface area contributed by atoms with E-state index in [9.17, 15) is 9.18 Å². The second kappa shape index (κ2) is 5.21. The van der Waals surface area contributed by atoms with E-state index >= 15 is 0 Å². The normalized spacial score (nSPS) is 10.9. The maximum Gasteiger partial charge on any atom is 0.202 e. The van der Waals surface area contributed by atoms with E-state index < -0.39 is 5.82 Å². The highest BCUT2D eigenvalue weighted by Gasteiger charge is 2.15. The van der Waals surface area contributed by atoms with Crippen molar-refractivity contribution < 1.29 is 13.6 Å². The highest BCUT2D eigenvalue weighted by molar-refractivity contribution is 9.10. The van der Waals surface area contributed by atoms with Gasteiger partial charge in [0, 0.05) is 16.3 Å². The summed E-state index contributed by atoms with van der Waals surface area (Å²) in [6, 6.07) is 13.7. The minimum absolute atomic E-state index is 0.0149. The van der Waals surface area contributed by atoms with Crippen molar-refractivity contribution in [2.75, 3.05) is 0 Å². The smallest absolute Gasteiger partial charge is 0.202 e. The average molecular weight is 333 g/mol. The number of hydrogen-bond acceptors (Lipinski definition) is 2. The molecule has 3 rings (SSSR count). The van der Waals surface area contributed by atoms with Crippen LogP contribution in [0.15, 0.2) is 57.4 Å². The third-order valence-electron chi connectivity index (χ3n) is 3.07. The largest absolute Gasteiger partial charge is 0.453 e. The molecule has 0 atom stereocenters. The fraction of sp³-hybridized carbons (Fsp3) is 0.0625. The van der Waals surface area contributed by atoms with Crippen LogP contribution in [0.1, 0.15) is 16.1 Å². The van der Waals surface area contributed by atoms with Gasteiger partial charge in [0.2, 0.25) is 5.78 Å². The number of halogens is 2. The van der Waals surface area contributed by atoms with E-state index in [0.29, 0.717) is 15.6 Å². The van der Waals surface area contributed by atoms with Crippen LogP contribution in [0.4, 0.5) is 4.39 Å². The zero-order valence-electron chi connectivity index (χ0n) is 10.4. The Morgan fingerprint density at radius 2 is 1.95 bits per heavy atom. The van der Waals surface area contributed by atoms with Gasteiger partial charge in [-0.3, -0.25) is 4.79 Å². The molecule has 0 amide bonds. The van der Waals surface area contributed by atoms with Crippen LogP contribution in [-0.2, 0) is 6.42 Å². The molecular weight excluding hydrogens is 323 g/mol. The van der Waals surface area contributed by atoms with E-state index in [2.05, 4.69) is 15.9 Å². The van der Waals surface area contributed by atoms with Gasteiger partial charge in [-0.2, -0.15) is 0 Å². The van der Waals surface area contributed by atoms with Gasteiger partial charge in [0.15, 0.2) is 5.76 Å². The first-order valence-corrected chi connectivity index (χ1v) is 6.88. The molecule has 2 nitrogen and oxygen atoms in total. The number of fused-ring (bicyclic) bond motifs is 1. The molecule has 100 valence electrons. The topological polar surface area (TPSA) is 30.2 Å². The molecule has 0 N–H and O–H groups in total. The lowest BCUT2D eigenvalue weighted by atomic mass is 10.1. The molecule has 3 aromatic rings. The van der Waals surface area contributed by atoms with Crippen LogP contribution < -0.4 is 0 Å². The molecule has 0 bridgehead atoms. The fourth-order valence-corrected chi connectivity index (χ4v) is 2.38. The summed E-state index contributed by atoms with van der Waals surface area (Å²) in [6.45, 7) is 0. The maximum absolute atomic E-state index is 13.7. The zero-order chi connectivity index (χ0) is 14.1.